The molecule has 0 spiro atoms. The highest BCUT2D eigenvalue weighted by Crippen LogP contribution is 2.32. The number of primary amides is 1. The Hall–Kier alpha value is -3.47. The van der Waals surface area contributed by atoms with Crippen molar-refractivity contribution >= 4 is 16.8 Å². The third kappa shape index (κ3) is 3.31. The summed E-state index contributed by atoms with van der Waals surface area (Å²) < 4.78 is 1.81. The number of aromatic nitrogens is 3. The first-order valence-corrected chi connectivity index (χ1v) is 8.79. The van der Waals surface area contributed by atoms with Crippen LogP contribution in [-0.4, -0.2) is 20.7 Å². The Morgan fingerprint density at radius 3 is 2.63 bits per heavy atom. The van der Waals surface area contributed by atoms with Crippen molar-refractivity contribution in [3.63, 3.8) is 0 Å². The Morgan fingerprint density at radius 2 is 1.89 bits per heavy atom. The lowest BCUT2D eigenvalue weighted by atomic mass is 10.0. The molecule has 134 valence electrons. The van der Waals surface area contributed by atoms with Gasteiger partial charge < -0.3 is 5.73 Å². The fourth-order valence-electron chi connectivity index (χ4n) is 3.38. The molecule has 5 heteroatoms. The predicted molar refractivity (Wildman–Crippen MR) is 107 cm³/mol. The fourth-order valence-corrected chi connectivity index (χ4v) is 3.38. The highest BCUT2D eigenvalue weighted by Gasteiger charge is 2.15. The molecule has 2 aromatic heterocycles. The van der Waals surface area contributed by atoms with Crippen molar-refractivity contribution in [1.29, 1.82) is 0 Å². The summed E-state index contributed by atoms with van der Waals surface area (Å²) in [5.41, 5.74) is 12.1. The molecule has 0 aliphatic heterocycles. The maximum absolute atomic E-state index is 11.2. The number of rotatable bonds is 4. The molecule has 0 bridgehead atoms. The van der Waals surface area contributed by atoms with E-state index in [9.17, 15) is 4.79 Å². The molecule has 4 aromatic rings. The maximum Gasteiger partial charge on any atom is 0.221 e. The van der Waals surface area contributed by atoms with Gasteiger partial charge in [-0.25, -0.2) is 4.98 Å². The van der Waals surface area contributed by atoms with Crippen molar-refractivity contribution in [3.05, 3.63) is 71.9 Å². The molecule has 0 saturated heterocycles. The van der Waals surface area contributed by atoms with Crippen LogP contribution in [0.3, 0.4) is 0 Å². The van der Waals surface area contributed by atoms with Crippen molar-refractivity contribution in [2.24, 2.45) is 12.8 Å². The molecule has 2 N–H and O–H groups in total. The summed E-state index contributed by atoms with van der Waals surface area (Å²) in [4.78, 5) is 16.1. The number of carbonyl (C=O) groups excluding carboxylic acids is 1. The van der Waals surface area contributed by atoms with Crippen LogP contribution in [0.2, 0.25) is 0 Å². The van der Waals surface area contributed by atoms with Gasteiger partial charge in [0.25, 0.3) is 0 Å². The topological polar surface area (TPSA) is 73.8 Å². The monoisotopic (exact) mass is 356 g/mol. The van der Waals surface area contributed by atoms with E-state index in [2.05, 4.69) is 30.2 Å². The van der Waals surface area contributed by atoms with Crippen molar-refractivity contribution in [2.45, 2.75) is 13.3 Å². The van der Waals surface area contributed by atoms with Gasteiger partial charge in [-0.15, -0.1) is 0 Å². The molecule has 0 radical (unpaired) electrons. The molecule has 2 aromatic carbocycles. The van der Waals surface area contributed by atoms with Gasteiger partial charge in [-0.05, 0) is 36.2 Å². The van der Waals surface area contributed by atoms with Gasteiger partial charge in [-0.3, -0.25) is 9.48 Å². The summed E-state index contributed by atoms with van der Waals surface area (Å²) in [6, 6.07) is 18.0. The van der Waals surface area contributed by atoms with E-state index in [0.29, 0.717) is 0 Å². The lowest BCUT2D eigenvalue weighted by molar-refractivity contribution is -0.117. The molecular formula is C22H20N4O. The molecule has 0 unspecified atom stereocenters. The Morgan fingerprint density at radius 1 is 1.11 bits per heavy atom. The molecular weight excluding hydrogens is 336 g/mol. The van der Waals surface area contributed by atoms with Gasteiger partial charge in [0, 0.05) is 29.8 Å². The largest absolute Gasteiger partial charge is 0.369 e. The summed E-state index contributed by atoms with van der Waals surface area (Å²) >= 11 is 0. The number of nitrogens with zero attached hydrogens (tertiary/aromatic N) is 3. The lowest BCUT2D eigenvalue weighted by Gasteiger charge is -2.09. The zero-order chi connectivity index (χ0) is 19.0. The summed E-state index contributed by atoms with van der Waals surface area (Å²) in [6.07, 6.45) is 2.23. The number of pyridine rings is 1. The van der Waals surface area contributed by atoms with Crippen LogP contribution in [0.1, 0.15) is 11.1 Å². The summed E-state index contributed by atoms with van der Waals surface area (Å²) in [7, 11) is 1.92. The number of amides is 1. The third-order valence-corrected chi connectivity index (χ3v) is 4.61. The minimum Gasteiger partial charge on any atom is -0.369 e. The summed E-state index contributed by atoms with van der Waals surface area (Å²) in [5.74, 6) is -0.334. The number of aryl methyl sites for hydroxylation is 2. The van der Waals surface area contributed by atoms with Gasteiger partial charge in [0.15, 0.2) is 0 Å². The van der Waals surface area contributed by atoms with Gasteiger partial charge >= 0.3 is 0 Å². The van der Waals surface area contributed by atoms with Crippen LogP contribution >= 0.6 is 0 Å². The number of carbonyl (C=O) groups is 1. The van der Waals surface area contributed by atoms with Gasteiger partial charge in [0.1, 0.15) is 5.69 Å². The standard InChI is InChI=1S/C22H20N4O/c1-14-10-20(24-19-9-8-15(11-17(14)19)12-21(23)27)18-13-26(2)25-22(18)16-6-4-3-5-7-16/h3-11,13H,12H2,1-2H3,(H2,23,27). The zero-order valence-electron chi connectivity index (χ0n) is 15.3. The second-order valence-corrected chi connectivity index (χ2v) is 6.75. The first kappa shape index (κ1) is 17.0. The van der Waals surface area contributed by atoms with Crippen molar-refractivity contribution in [1.82, 2.24) is 14.8 Å². The second kappa shape index (κ2) is 6.68. The van der Waals surface area contributed by atoms with E-state index < -0.39 is 0 Å². The Balaban J connectivity index is 1.85. The molecule has 1 amide bonds. The van der Waals surface area contributed by atoms with Gasteiger partial charge in [0.05, 0.1) is 17.6 Å². The van der Waals surface area contributed by atoms with Crippen LogP contribution in [0.4, 0.5) is 0 Å². The number of nitrogens with two attached hydrogens (primary N) is 1. The van der Waals surface area contributed by atoms with E-state index in [1.165, 1.54) is 0 Å². The summed E-state index contributed by atoms with van der Waals surface area (Å²) in [6.45, 7) is 2.06. The van der Waals surface area contributed by atoms with E-state index in [4.69, 9.17) is 10.7 Å². The van der Waals surface area contributed by atoms with Crippen LogP contribution in [0.15, 0.2) is 60.8 Å². The van der Waals surface area contributed by atoms with E-state index >= 15 is 0 Å². The van der Waals surface area contributed by atoms with Crippen LogP contribution in [-0.2, 0) is 18.3 Å². The first-order valence-electron chi connectivity index (χ1n) is 8.79. The molecule has 0 atom stereocenters. The van der Waals surface area contributed by atoms with Crippen LogP contribution in [0.25, 0.3) is 33.4 Å². The minimum absolute atomic E-state index is 0.234. The molecule has 0 fully saturated rings. The summed E-state index contributed by atoms with van der Waals surface area (Å²) in [5, 5.41) is 5.67. The average molecular weight is 356 g/mol. The van der Waals surface area contributed by atoms with Crippen LogP contribution in [0.5, 0.6) is 0 Å². The van der Waals surface area contributed by atoms with Crippen molar-refractivity contribution in [2.75, 3.05) is 0 Å². The maximum atomic E-state index is 11.2. The van der Waals surface area contributed by atoms with Crippen LogP contribution in [0, 0.1) is 6.92 Å². The molecule has 2 heterocycles. The Bertz CT molecular complexity index is 1150. The SMILES string of the molecule is Cc1cc(-c2cn(C)nc2-c2ccccc2)nc2ccc(CC(N)=O)cc12. The van der Waals surface area contributed by atoms with Crippen molar-refractivity contribution < 1.29 is 4.79 Å². The van der Waals surface area contributed by atoms with Crippen LogP contribution < -0.4 is 5.73 Å². The highest BCUT2D eigenvalue weighted by molar-refractivity contribution is 5.89. The van der Waals surface area contributed by atoms with E-state index in [1.807, 2.05) is 54.3 Å². The van der Waals surface area contributed by atoms with E-state index in [1.54, 1.807) is 0 Å². The molecule has 0 aliphatic carbocycles. The number of benzene rings is 2. The quantitative estimate of drug-likeness (QED) is 0.607. The zero-order valence-corrected chi connectivity index (χ0v) is 15.3. The van der Waals surface area contributed by atoms with Gasteiger partial charge in [-0.1, -0.05) is 36.4 Å². The molecule has 0 aliphatic rings. The lowest BCUT2D eigenvalue weighted by Crippen LogP contribution is -2.13. The predicted octanol–water partition coefficient (Wildman–Crippen LogP) is 3.64. The third-order valence-electron chi connectivity index (χ3n) is 4.61. The smallest absolute Gasteiger partial charge is 0.221 e. The normalized spacial score (nSPS) is 11.0. The minimum atomic E-state index is -0.334. The Kier molecular flexibility index (Phi) is 4.20. The molecule has 0 saturated carbocycles. The van der Waals surface area contributed by atoms with E-state index in [-0.39, 0.29) is 12.3 Å². The number of fused-ring (bicyclic) bond motifs is 1. The van der Waals surface area contributed by atoms with Gasteiger partial charge in [0.2, 0.25) is 5.91 Å². The van der Waals surface area contributed by atoms with Gasteiger partial charge in [-0.2, -0.15) is 5.10 Å². The molecule has 4 rings (SSSR count). The molecule has 5 nitrogen and oxygen atoms in total. The average Bonchev–Trinajstić information content (AvgIpc) is 3.04. The fraction of sp³-hybridized carbons (Fsp3) is 0.136. The number of hydrogen-bond donors (Lipinski definition) is 1. The number of hydrogen-bond acceptors (Lipinski definition) is 3. The first-order chi connectivity index (χ1) is 13.0. The second-order valence-electron chi connectivity index (χ2n) is 6.75. The molecule has 27 heavy (non-hydrogen) atoms. The van der Waals surface area contributed by atoms with E-state index in [0.717, 1.165) is 44.5 Å². The highest BCUT2D eigenvalue weighted by atomic mass is 16.1. The Labute approximate surface area is 157 Å². The van der Waals surface area contributed by atoms with Crippen molar-refractivity contribution in [3.8, 4) is 22.5 Å².